The van der Waals surface area contributed by atoms with Gasteiger partial charge in [-0.05, 0) is 18.2 Å². The minimum absolute atomic E-state index is 0.0252. The van der Waals surface area contributed by atoms with Gasteiger partial charge in [0.25, 0.3) is 0 Å². The van der Waals surface area contributed by atoms with E-state index in [0.717, 1.165) is 5.69 Å². The van der Waals surface area contributed by atoms with Gasteiger partial charge in [0.1, 0.15) is 0 Å². The molecule has 0 aliphatic heterocycles. The first-order valence-electron chi connectivity index (χ1n) is 5.56. The summed E-state index contributed by atoms with van der Waals surface area (Å²) in [5.41, 5.74) is 6.33. The molecule has 100 valence electrons. The van der Waals surface area contributed by atoms with Crippen LogP contribution in [0, 0.1) is 0 Å². The summed E-state index contributed by atoms with van der Waals surface area (Å²) in [7, 11) is 0. The van der Waals surface area contributed by atoms with Crippen LogP contribution in [-0.4, -0.2) is 33.2 Å². The Morgan fingerprint density at radius 1 is 1.21 bits per heavy atom. The van der Waals surface area contributed by atoms with E-state index in [1.54, 1.807) is 18.2 Å². The number of anilines is 4. The van der Waals surface area contributed by atoms with Crippen molar-refractivity contribution >= 4 is 35.1 Å². The molecule has 0 fully saturated rings. The Bertz CT molecular complexity index is 565. The standard InChI is InChI=1S/C11H13ClN6O/c12-7-2-1-3-8(6-7)15-11-17-9(13)16-10(18-11)14-4-5-19/h1-3,6,19H,4-5H2,(H4,13,14,15,16,17,18). The summed E-state index contributed by atoms with van der Waals surface area (Å²) < 4.78 is 0. The Morgan fingerprint density at radius 2 is 2.00 bits per heavy atom. The molecule has 1 heterocycles. The van der Waals surface area contributed by atoms with Gasteiger partial charge in [-0.3, -0.25) is 0 Å². The summed E-state index contributed by atoms with van der Waals surface area (Å²) in [6.45, 7) is 0.308. The van der Waals surface area contributed by atoms with Crippen LogP contribution in [0.1, 0.15) is 0 Å². The fourth-order valence-electron chi connectivity index (χ4n) is 1.39. The number of nitrogens with one attached hydrogen (secondary N) is 2. The van der Waals surface area contributed by atoms with Crippen LogP contribution >= 0.6 is 11.6 Å². The van der Waals surface area contributed by atoms with E-state index in [1.807, 2.05) is 6.07 Å². The second-order valence-corrected chi connectivity index (χ2v) is 4.06. The molecule has 1 aromatic carbocycles. The van der Waals surface area contributed by atoms with Gasteiger partial charge in [-0.25, -0.2) is 0 Å². The number of benzene rings is 1. The molecule has 0 amide bonds. The molecular weight excluding hydrogens is 268 g/mol. The first-order chi connectivity index (χ1) is 9.17. The van der Waals surface area contributed by atoms with Crippen molar-refractivity contribution in [2.24, 2.45) is 0 Å². The van der Waals surface area contributed by atoms with Crippen LogP contribution < -0.4 is 16.4 Å². The average Bonchev–Trinajstić information content (AvgIpc) is 2.35. The lowest BCUT2D eigenvalue weighted by molar-refractivity contribution is 0.311. The summed E-state index contributed by atoms with van der Waals surface area (Å²) in [5, 5.41) is 15.1. The maximum absolute atomic E-state index is 8.74. The molecule has 0 spiro atoms. The van der Waals surface area contributed by atoms with Crippen LogP contribution in [0.15, 0.2) is 24.3 Å². The molecule has 8 heteroatoms. The van der Waals surface area contributed by atoms with Crippen LogP contribution in [0.25, 0.3) is 0 Å². The van der Waals surface area contributed by atoms with E-state index < -0.39 is 0 Å². The van der Waals surface area contributed by atoms with Gasteiger partial charge < -0.3 is 21.5 Å². The normalized spacial score (nSPS) is 10.2. The second-order valence-electron chi connectivity index (χ2n) is 3.63. The monoisotopic (exact) mass is 280 g/mol. The number of aliphatic hydroxyl groups excluding tert-OH is 1. The molecule has 0 saturated carbocycles. The highest BCUT2D eigenvalue weighted by molar-refractivity contribution is 6.30. The van der Waals surface area contributed by atoms with Crippen molar-refractivity contribution < 1.29 is 5.11 Å². The third-order valence-corrected chi connectivity index (χ3v) is 2.36. The molecule has 2 aromatic rings. The maximum atomic E-state index is 8.74. The highest BCUT2D eigenvalue weighted by Gasteiger charge is 2.04. The molecule has 1 aromatic heterocycles. The van der Waals surface area contributed by atoms with Crippen LogP contribution in [0.2, 0.25) is 5.02 Å². The highest BCUT2D eigenvalue weighted by atomic mass is 35.5. The van der Waals surface area contributed by atoms with Crippen LogP contribution in [0.4, 0.5) is 23.5 Å². The molecule has 5 N–H and O–H groups in total. The Hall–Kier alpha value is -2.12. The molecule has 0 saturated heterocycles. The topological polar surface area (TPSA) is 109 Å². The van der Waals surface area contributed by atoms with Crippen molar-refractivity contribution in [3.8, 4) is 0 Å². The molecule has 2 rings (SSSR count). The SMILES string of the molecule is Nc1nc(NCCO)nc(Nc2cccc(Cl)c2)n1. The molecule has 0 unspecified atom stereocenters. The summed E-state index contributed by atoms with van der Waals surface area (Å²) >= 11 is 5.88. The van der Waals surface area contributed by atoms with Gasteiger partial charge >= 0.3 is 0 Å². The molecule has 0 radical (unpaired) electrons. The van der Waals surface area contributed by atoms with Crippen molar-refractivity contribution in [3.63, 3.8) is 0 Å². The van der Waals surface area contributed by atoms with Crippen molar-refractivity contribution in [3.05, 3.63) is 29.3 Å². The van der Waals surface area contributed by atoms with Crippen molar-refractivity contribution in [1.82, 2.24) is 15.0 Å². The van der Waals surface area contributed by atoms with E-state index in [0.29, 0.717) is 23.5 Å². The lowest BCUT2D eigenvalue weighted by Crippen LogP contribution is -2.12. The summed E-state index contributed by atoms with van der Waals surface area (Å²) in [6, 6.07) is 7.14. The zero-order chi connectivity index (χ0) is 13.7. The van der Waals surface area contributed by atoms with Crippen molar-refractivity contribution in [1.29, 1.82) is 0 Å². The maximum Gasteiger partial charge on any atom is 0.233 e. The van der Waals surface area contributed by atoms with E-state index in [1.165, 1.54) is 0 Å². The Morgan fingerprint density at radius 3 is 2.74 bits per heavy atom. The average molecular weight is 281 g/mol. The van der Waals surface area contributed by atoms with Gasteiger partial charge in [-0.1, -0.05) is 17.7 Å². The lowest BCUT2D eigenvalue weighted by atomic mass is 10.3. The van der Waals surface area contributed by atoms with Gasteiger partial charge in [0.2, 0.25) is 17.8 Å². The first-order valence-corrected chi connectivity index (χ1v) is 5.94. The Kier molecular flexibility index (Phi) is 4.32. The minimum Gasteiger partial charge on any atom is -0.395 e. The molecule has 0 aliphatic carbocycles. The number of nitrogen functional groups attached to an aromatic ring is 1. The van der Waals surface area contributed by atoms with Crippen LogP contribution in [0.3, 0.4) is 0 Å². The van der Waals surface area contributed by atoms with Crippen molar-refractivity contribution in [2.75, 3.05) is 29.5 Å². The number of nitrogens with two attached hydrogens (primary N) is 1. The summed E-state index contributed by atoms with van der Waals surface area (Å²) in [6.07, 6.45) is 0. The number of aliphatic hydroxyl groups is 1. The van der Waals surface area contributed by atoms with Crippen molar-refractivity contribution in [2.45, 2.75) is 0 Å². The van der Waals surface area contributed by atoms with Gasteiger partial charge in [-0.2, -0.15) is 15.0 Å². The number of rotatable bonds is 5. The number of aromatic nitrogens is 3. The quantitative estimate of drug-likeness (QED) is 0.653. The predicted octanol–water partition coefficient (Wildman–Crippen LogP) is 1.25. The lowest BCUT2D eigenvalue weighted by Gasteiger charge is -2.08. The van der Waals surface area contributed by atoms with Gasteiger partial charge in [0, 0.05) is 17.3 Å². The summed E-state index contributed by atoms with van der Waals surface area (Å²) in [5.74, 6) is 0.682. The largest absolute Gasteiger partial charge is 0.395 e. The van der Waals surface area contributed by atoms with Gasteiger partial charge in [0.15, 0.2) is 0 Å². The smallest absolute Gasteiger partial charge is 0.233 e. The zero-order valence-corrected chi connectivity index (χ0v) is 10.7. The fraction of sp³-hybridized carbons (Fsp3) is 0.182. The second kappa shape index (κ2) is 6.17. The Balaban J connectivity index is 2.17. The van der Waals surface area contributed by atoms with E-state index in [4.69, 9.17) is 22.4 Å². The molecule has 0 aliphatic rings. The predicted molar refractivity (Wildman–Crippen MR) is 74.5 cm³/mol. The molecule has 0 atom stereocenters. The number of hydrogen-bond donors (Lipinski definition) is 4. The van der Waals surface area contributed by atoms with E-state index >= 15 is 0 Å². The number of hydrogen-bond acceptors (Lipinski definition) is 7. The van der Waals surface area contributed by atoms with E-state index in [9.17, 15) is 0 Å². The fourth-order valence-corrected chi connectivity index (χ4v) is 1.58. The number of nitrogens with zero attached hydrogens (tertiary/aromatic N) is 3. The third kappa shape index (κ3) is 3.94. The van der Waals surface area contributed by atoms with Crippen LogP contribution in [-0.2, 0) is 0 Å². The van der Waals surface area contributed by atoms with E-state index in [-0.39, 0.29) is 12.6 Å². The third-order valence-electron chi connectivity index (χ3n) is 2.13. The molecule has 7 nitrogen and oxygen atoms in total. The minimum atomic E-state index is -0.0252. The van der Waals surface area contributed by atoms with Gasteiger partial charge in [-0.15, -0.1) is 0 Å². The van der Waals surface area contributed by atoms with Gasteiger partial charge in [0.05, 0.1) is 6.61 Å². The van der Waals surface area contributed by atoms with Crippen LogP contribution in [0.5, 0.6) is 0 Å². The Labute approximate surface area is 114 Å². The van der Waals surface area contributed by atoms with E-state index in [2.05, 4.69) is 25.6 Å². The first kappa shape index (κ1) is 13.3. The molecule has 0 bridgehead atoms. The highest BCUT2D eigenvalue weighted by Crippen LogP contribution is 2.18. The molecular formula is C11H13ClN6O. The summed E-state index contributed by atoms with van der Waals surface area (Å²) in [4.78, 5) is 12.0. The molecule has 19 heavy (non-hydrogen) atoms. The number of halogens is 1. The zero-order valence-electron chi connectivity index (χ0n) is 9.97.